The first-order chi connectivity index (χ1) is 7.48. The quantitative estimate of drug-likeness (QED) is 0.246. The summed E-state index contributed by atoms with van der Waals surface area (Å²) in [5.74, 6) is 0. The van der Waals surface area contributed by atoms with Gasteiger partial charge in [-0.15, -0.1) is 15.6 Å². The van der Waals surface area contributed by atoms with Crippen LogP contribution in [0.2, 0.25) is 0 Å². The molecule has 16 heavy (non-hydrogen) atoms. The molecule has 0 spiro atoms. The number of allylic oxidation sites excluding steroid dienone is 1. The average Bonchev–Trinajstić information content (AvgIpc) is 2.20. The number of unbranched alkanes of at least 4 members (excludes halogenated alkanes) is 6. The van der Waals surface area contributed by atoms with Crippen molar-refractivity contribution in [2.45, 2.75) is 64.8 Å². The standard InChI is InChI=1S/C12H26NO3/c1-3-4-5-6-7-8-9-10-11-12(2)13(14,15)16/h10-12,14-16H,3-9H2,1-2H3/q+1. The van der Waals surface area contributed by atoms with Crippen LogP contribution in [0, 0.1) is 0 Å². The number of hydroxylamine groups is 3. The molecule has 0 aliphatic rings. The molecule has 1 unspecified atom stereocenters. The fourth-order valence-corrected chi connectivity index (χ4v) is 1.45. The third-order valence-electron chi connectivity index (χ3n) is 2.69. The Morgan fingerprint density at radius 1 is 1.00 bits per heavy atom. The van der Waals surface area contributed by atoms with Crippen molar-refractivity contribution in [2.75, 3.05) is 0 Å². The number of quaternary nitrogens is 1. The van der Waals surface area contributed by atoms with Gasteiger partial charge in [0.05, 0.1) is 4.97 Å². The largest absolute Gasteiger partial charge is 0.202 e. The molecule has 0 amide bonds. The van der Waals surface area contributed by atoms with Gasteiger partial charge in [0.2, 0.25) is 6.04 Å². The van der Waals surface area contributed by atoms with Gasteiger partial charge in [0, 0.05) is 6.92 Å². The van der Waals surface area contributed by atoms with Crippen LogP contribution in [0.5, 0.6) is 0 Å². The van der Waals surface area contributed by atoms with Crippen molar-refractivity contribution in [3.05, 3.63) is 12.2 Å². The lowest BCUT2D eigenvalue weighted by molar-refractivity contribution is -1.38. The van der Waals surface area contributed by atoms with Crippen LogP contribution in [0.4, 0.5) is 0 Å². The van der Waals surface area contributed by atoms with Gasteiger partial charge in [-0.1, -0.05) is 45.1 Å². The lowest BCUT2D eigenvalue weighted by Crippen LogP contribution is -2.44. The van der Waals surface area contributed by atoms with Gasteiger partial charge in [0.1, 0.15) is 0 Å². The van der Waals surface area contributed by atoms with Crippen molar-refractivity contribution >= 4 is 0 Å². The second-order valence-corrected chi connectivity index (χ2v) is 4.34. The second-order valence-electron chi connectivity index (χ2n) is 4.34. The number of hydrogen-bond donors (Lipinski definition) is 3. The predicted molar refractivity (Wildman–Crippen MR) is 62.2 cm³/mol. The molecule has 0 fully saturated rings. The van der Waals surface area contributed by atoms with E-state index in [1.54, 1.807) is 6.08 Å². The maximum Gasteiger partial charge on any atom is 0.202 e. The molecule has 0 aromatic rings. The van der Waals surface area contributed by atoms with E-state index < -0.39 is 11.0 Å². The molecule has 0 aromatic carbocycles. The highest BCUT2D eigenvalue weighted by Crippen LogP contribution is 2.08. The number of rotatable bonds is 9. The Balaban J connectivity index is 3.41. The smallest absolute Gasteiger partial charge is 0.146 e. The van der Waals surface area contributed by atoms with Crippen molar-refractivity contribution < 1.29 is 20.6 Å². The van der Waals surface area contributed by atoms with Crippen LogP contribution < -0.4 is 0 Å². The van der Waals surface area contributed by atoms with Crippen molar-refractivity contribution in [3.8, 4) is 0 Å². The second kappa shape index (κ2) is 8.70. The molecule has 0 saturated heterocycles. The van der Waals surface area contributed by atoms with E-state index in [0.29, 0.717) is 0 Å². The van der Waals surface area contributed by atoms with Gasteiger partial charge in [0.15, 0.2) is 0 Å². The zero-order chi connectivity index (χ0) is 12.4. The molecule has 96 valence electrons. The third kappa shape index (κ3) is 8.85. The van der Waals surface area contributed by atoms with Crippen molar-refractivity contribution in [1.29, 1.82) is 0 Å². The summed E-state index contributed by atoms with van der Waals surface area (Å²) in [4.78, 5) is -1.98. The Bertz CT molecular complexity index is 187. The summed E-state index contributed by atoms with van der Waals surface area (Å²) in [6.45, 7) is 3.74. The zero-order valence-corrected chi connectivity index (χ0v) is 10.5. The first-order valence-electron chi connectivity index (χ1n) is 6.22. The van der Waals surface area contributed by atoms with Crippen LogP contribution in [-0.4, -0.2) is 26.6 Å². The first kappa shape index (κ1) is 15.6. The minimum atomic E-state index is -1.98. The third-order valence-corrected chi connectivity index (χ3v) is 2.69. The molecule has 0 aliphatic carbocycles. The van der Waals surface area contributed by atoms with Gasteiger partial charge in [-0.3, -0.25) is 0 Å². The molecular formula is C12H26NO3+. The van der Waals surface area contributed by atoms with Gasteiger partial charge in [-0.2, -0.15) is 0 Å². The van der Waals surface area contributed by atoms with Crippen molar-refractivity contribution in [2.24, 2.45) is 0 Å². The molecule has 0 heterocycles. The zero-order valence-electron chi connectivity index (χ0n) is 10.5. The monoisotopic (exact) mass is 232 g/mol. The molecule has 0 saturated carbocycles. The minimum Gasteiger partial charge on any atom is -0.146 e. The van der Waals surface area contributed by atoms with Crippen LogP contribution >= 0.6 is 0 Å². The van der Waals surface area contributed by atoms with E-state index in [1.165, 1.54) is 39.0 Å². The summed E-state index contributed by atoms with van der Waals surface area (Å²) >= 11 is 0. The van der Waals surface area contributed by atoms with Crippen molar-refractivity contribution in [3.63, 3.8) is 0 Å². The Morgan fingerprint density at radius 3 is 2.12 bits per heavy atom. The highest BCUT2D eigenvalue weighted by atomic mass is 17.1. The summed E-state index contributed by atoms with van der Waals surface area (Å²) in [6, 6.07) is -0.708. The number of hydrogen-bond acceptors (Lipinski definition) is 3. The Hall–Kier alpha value is -0.420. The maximum absolute atomic E-state index is 8.78. The molecular weight excluding hydrogens is 206 g/mol. The Labute approximate surface area is 98.3 Å². The summed E-state index contributed by atoms with van der Waals surface area (Å²) in [5.41, 5.74) is 0. The normalized spacial score (nSPS) is 14.6. The lowest BCUT2D eigenvalue weighted by atomic mass is 10.1. The van der Waals surface area contributed by atoms with E-state index >= 15 is 0 Å². The maximum atomic E-state index is 8.78. The van der Waals surface area contributed by atoms with Crippen LogP contribution in [0.25, 0.3) is 0 Å². The highest BCUT2D eigenvalue weighted by molar-refractivity contribution is 4.86. The van der Waals surface area contributed by atoms with E-state index in [1.807, 2.05) is 6.08 Å². The van der Waals surface area contributed by atoms with Crippen LogP contribution in [0.1, 0.15) is 58.8 Å². The Kier molecular flexibility index (Phi) is 8.47. The van der Waals surface area contributed by atoms with E-state index in [2.05, 4.69) is 6.92 Å². The molecule has 0 aromatic heterocycles. The topological polar surface area (TPSA) is 60.7 Å². The van der Waals surface area contributed by atoms with E-state index in [-0.39, 0.29) is 0 Å². The van der Waals surface area contributed by atoms with Gasteiger partial charge in [0.25, 0.3) is 0 Å². The van der Waals surface area contributed by atoms with Gasteiger partial charge >= 0.3 is 0 Å². The molecule has 0 rings (SSSR count). The molecule has 4 nitrogen and oxygen atoms in total. The van der Waals surface area contributed by atoms with Gasteiger partial charge in [-0.25, -0.2) is 0 Å². The SMILES string of the molecule is CCCCCCCCC=CC(C)[N+](O)(O)O. The first-order valence-corrected chi connectivity index (χ1v) is 6.22. The van der Waals surface area contributed by atoms with E-state index in [0.717, 1.165) is 12.8 Å². The summed E-state index contributed by atoms with van der Waals surface area (Å²) in [5, 5.41) is 26.3. The van der Waals surface area contributed by atoms with Crippen LogP contribution in [0.3, 0.4) is 0 Å². The molecule has 0 aliphatic heterocycles. The summed E-state index contributed by atoms with van der Waals surface area (Å²) < 4.78 is 0. The van der Waals surface area contributed by atoms with Gasteiger partial charge < -0.3 is 0 Å². The molecule has 1 atom stereocenters. The van der Waals surface area contributed by atoms with E-state index in [4.69, 9.17) is 15.6 Å². The fourth-order valence-electron chi connectivity index (χ4n) is 1.45. The van der Waals surface area contributed by atoms with Crippen LogP contribution in [0.15, 0.2) is 12.2 Å². The van der Waals surface area contributed by atoms with Crippen LogP contribution in [-0.2, 0) is 0 Å². The Morgan fingerprint density at radius 2 is 1.56 bits per heavy atom. The van der Waals surface area contributed by atoms with Crippen molar-refractivity contribution in [1.82, 2.24) is 0 Å². The number of nitrogens with zero attached hydrogens (tertiary/aromatic N) is 1. The minimum absolute atomic E-state index is 0.708. The predicted octanol–water partition coefficient (Wildman–Crippen LogP) is 3.67. The average molecular weight is 232 g/mol. The summed E-state index contributed by atoms with van der Waals surface area (Å²) in [6.07, 6.45) is 11.9. The van der Waals surface area contributed by atoms with E-state index in [9.17, 15) is 0 Å². The molecule has 4 heteroatoms. The summed E-state index contributed by atoms with van der Waals surface area (Å²) in [7, 11) is 0. The fraction of sp³-hybridized carbons (Fsp3) is 0.833. The highest BCUT2D eigenvalue weighted by Gasteiger charge is 2.26. The molecule has 3 N–H and O–H groups in total. The lowest BCUT2D eigenvalue weighted by Gasteiger charge is -2.15. The van der Waals surface area contributed by atoms with Gasteiger partial charge in [-0.05, 0) is 18.9 Å². The molecule has 0 radical (unpaired) electrons. The molecule has 0 bridgehead atoms.